The molecule has 5 heteroatoms. The first-order chi connectivity index (χ1) is 12.1. The van der Waals surface area contributed by atoms with E-state index in [1.165, 1.54) is 12.1 Å². The summed E-state index contributed by atoms with van der Waals surface area (Å²) >= 11 is 0. The molecule has 2 aromatic carbocycles. The summed E-state index contributed by atoms with van der Waals surface area (Å²) in [6.07, 6.45) is 0. The van der Waals surface area contributed by atoms with Crippen molar-refractivity contribution in [3.63, 3.8) is 0 Å². The Balaban J connectivity index is 2.04. The van der Waals surface area contributed by atoms with Gasteiger partial charge in [-0.05, 0) is 37.6 Å². The standard InChI is InChI=1S/C20H18FNO3/c1-3-24-20(23)19-13(2)14-8-4-6-10-16(14)22-17(19)12-25-18-11-7-5-9-15(18)21/h4-11H,3,12H2,1-2H3. The second kappa shape index (κ2) is 7.30. The Morgan fingerprint density at radius 1 is 1.12 bits per heavy atom. The zero-order chi connectivity index (χ0) is 17.8. The molecular weight excluding hydrogens is 321 g/mol. The van der Waals surface area contributed by atoms with Gasteiger partial charge in [-0.2, -0.15) is 0 Å². The zero-order valence-electron chi connectivity index (χ0n) is 14.1. The Hall–Kier alpha value is -2.95. The van der Waals surface area contributed by atoms with E-state index in [1.54, 1.807) is 19.1 Å². The number of pyridine rings is 1. The Kier molecular flexibility index (Phi) is 4.93. The molecule has 0 unspecified atom stereocenters. The molecule has 0 radical (unpaired) electrons. The minimum atomic E-state index is -0.460. The molecule has 4 nitrogen and oxygen atoms in total. The van der Waals surface area contributed by atoms with E-state index in [0.717, 1.165) is 16.5 Å². The Labute approximate surface area is 145 Å². The van der Waals surface area contributed by atoms with Crippen molar-refractivity contribution in [1.82, 2.24) is 4.98 Å². The maximum Gasteiger partial charge on any atom is 0.340 e. The first-order valence-corrected chi connectivity index (χ1v) is 8.04. The number of para-hydroxylation sites is 2. The van der Waals surface area contributed by atoms with Gasteiger partial charge in [0.25, 0.3) is 0 Å². The number of rotatable bonds is 5. The van der Waals surface area contributed by atoms with E-state index in [9.17, 15) is 9.18 Å². The predicted molar refractivity (Wildman–Crippen MR) is 93.2 cm³/mol. The molecule has 25 heavy (non-hydrogen) atoms. The number of aryl methyl sites for hydroxylation is 1. The SMILES string of the molecule is CCOC(=O)c1c(COc2ccccc2F)nc2ccccc2c1C. The predicted octanol–water partition coefficient (Wildman–Crippen LogP) is 4.44. The fourth-order valence-corrected chi connectivity index (χ4v) is 2.73. The Morgan fingerprint density at radius 3 is 2.60 bits per heavy atom. The van der Waals surface area contributed by atoms with Crippen molar-refractivity contribution >= 4 is 16.9 Å². The lowest BCUT2D eigenvalue weighted by Crippen LogP contribution is -2.14. The third kappa shape index (κ3) is 3.45. The number of carbonyl (C=O) groups is 1. The van der Waals surface area contributed by atoms with Crippen molar-refractivity contribution < 1.29 is 18.7 Å². The molecule has 0 saturated carbocycles. The van der Waals surface area contributed by atoms with Crippen molar-refractivity contribution in [2.75, 3.05) is 6.61 Å². The highest BCUT2D eigenvalue weighted by Gasteiger charge is 2.20. The molecule has 3 rings (SSSR count). The van der Waals surface area contributed by atoms with Crippen molar-refractivity contribution in [3.05, 3.63) is 71.2 Å². The zero-order valence-corrected chi connectivity index (χ0v) is 14.1. The molecule has 0 bridgehead atoms. The summed E-state index contributed by atoms with van der Waals surface area (Å²) in [6, 6.07) is 13.7. The molecule has 0 aliphatic heterocycles. The van der Waals surface area contributed by atoms with Crippen LogP contribution in [0.2, 0.25) is 0 Å². The molecule has 0 atom stereocenters. The molecule has 1 aromatic heterocycles. The molecule has 0 amide bonds. The van der Waals surface area contributed by atoms with Gasteiger partial charge >= 0.3 is 5.97 Å². The van der Waals surface area contributed by atoms with E-state index in [4.69, 9.17) is 9.47 Å². The van der Waals surface area contributed by atoms with Crippen LogP contribution >= 0.6 is 0 Å². The van der Waals surface area contributed by atoms with Crippen LogP contribution in [0.1, 0.15) is 28.5 Å². The van der Waals surface area contributed by atoms with Gasteiger partial charge < -0.3 is 9.47 Å². The van der Waals surface area contributed by atoms with Crippen LogP contribution in [0.15, 0.2) is 48.5 Å². The Bertz CT molecular complexity index is 924. The lowest BCUT2D eigenvalue weighted by molar-refractivity contribution is 0.0522. The first-order valence-electron chi connectivity index (χ1n) is 8.04. The van der Waals surface area contributed by atoms with Gasteiger partial charge in [0.2, 0.25) is 0 Å². The molecule has 0 aliphatic carbocycles. The fraction of sp³-hybridized carbons (Fsp3) is 0.200. The van der Waals surface area contributed by atoms with E-state index < -0.39 is 11.8 Å². The van der Waals surface area contributed by atoms with Crippen LogP contribution in [-0.2, 0) is 11.3 Å². The number of esters is 1. The van der Waals surface area contributed by atoms with Crippen molar-refractivity contribution in [2.45, 2.75) is 20.5 Å². The Morgan fingerprint density at radius 2 is 1.84 bits per heavy atom. The van der Waals surface area contributed by atoms with Crippen LogP contribution in [-0.4, -0.2) is 17.6 Å². The van der Waals surface area contributed by atoms with E-state index in [-0.39, 0.29) is 19.0 Å². The van der Waals surface area contributed by atoms with Gasteiger partial charge in [-0.15, -0.1) is 0 Å². The van der Waals surface area contributed by atoms with Gasteiger partial charge in [-0.3, -0.25) is 0 Å². The first kappa shape index (κ1) is 16.9. The molecule has 0 aliphatic rings. The maximum absolute atomic E-state index is 13.8. The monoisotopic (exact) mass is 339 g/mol. The molecule has 0 saturated heterocycles. The number of halogens is 1. The van der Waals surface area contributed by atoms with Crippen LogP contribution in [0, 0.1) is 12.7 Å². The topological polar surface area (TPSA) is 48.4 Å². The number of aromatic nitrogens is 1. The van der Waals surface area contributed by atoms with Crippen molar-refractivity contribution in [2.24, 2.45) is 0 Å². The molecule has 3 aromatic rings. The highest BCUT2D eigenvalue weighted by molar-refractivity contribution is 5.98. The molecular formula is C20H18FNO3. The summed E-state index contributed by atoms with van der Waals surface area (Å²) < 4.78 is 24.5. The average Bonchev–Trinajstić information content (AvgIpc) is 2.61. The summed E-state index contributed by atoms with van der Waals surface area (Å²) in [5, 5.41) is 0.875. The number of fused-ring (bicyclic) bond motifs is 1. The summed E-state index contributed by atoms with van der Waals surface area (Å²) in [5.41, 5.74) is 2.33. The van der Waals surface area contributed by atoms with Crippen LogP contribution < -0.4 is 4.74 Å². The van der Waals surface area contributed by atoms with Gasteiger partial charge in [0.05, 0.1) is 23.4 Å². The minimum Gasteiger partial charge on any atom is -0.484 e. The van der Waals surface area contributed by atoms with Crippen LogP contribution in [0.5, 0.6) is 5.75 Å². The van der Waals surface area contributed by atoms with Crippen LogP contribution in [0.25, 0.3) is 10.9 Å². The van der Waals surface area contributed by atoms with Crippen molar-refractivity contribution in [1.29, 1.82) is 0 Å². The smallest absolute Gasteiger partial charge is 0.340 e. The fourth-order valence-electron chi connectivity index (χ4n) is 2.73. The number of hydrogen-bond donors (Lipinski definition) is 0. The molecule has 0 spiro atoms. The highest BCUT2D eigenvalue weighted by Crippen LogP contribution is 2.25. The summed E-state index contributed by atoms with van der Waals surface area (Å²) in [4.78, 5) is 17.0. The summed E-state index contributed by atoms with van der Waals surface area (Å²) in [5.74, 6) is -0.798. The number of ether oxygens (including phenoxy) is 2. The number of carbonyl (C=O) groups excluding carboxylic acids is 1. The third-order valence-electron chi connectivity index (χ3n) is 3.91. The van der Waals surface area contributed by atoms with Crippen LogP contribution in [0.4, 0.5) is 4.39 Å². The quantitative estimate of drug-likeness (QED) is 0.645. The maximum atomic E-state index is 13.8. The highest BCUT2D eigenvalue weighted by atomic mass is 19.1. The summed E-state index contributed by atoms with van der Waals surface area (Å²) in [6.45, 7) is 3.83. The normalized spacial score (nSPS) is 10.7. The van der Waals surface area contributed by atoms with Gasteiger partial charge in [-0.25, -0.2) is 14.2 Å². The third-order valence-corrected chi connectivity index (χ3v) is 3.91. The second-order valence-corrected chi connectivity index (χ2v) is 5.52. The number of hydrogen-bond acceptors (Lipinski definition) is 4. The van der Waals surface area contributed by atoms with Gasteiger partial charge in [0, 0.05) is 5.39 Å². The van der Waals surface area contributed by atoms with Gasteiger partial charge in [0.1, 0.15) is 6.61 Å². The molecule has 0 N–H and O–H groups in total. The van der Waals surface area contributed by atoms with E-state index >= 15 is 0 Å². The largest absolute Gasteiger partial charge is 0.484 e. The van der Waals surface area contributed by atoms with Gasteiger partial charge in [0.15, 0.2) is 11.6 Å². The van der Waals surface area contributed by atoms with Crippen LogP contribution in [0.3, 0.4) is 0 Å². The molecule has 1 heterocycles. The number of benzene rings is 2. The molecule has 0 fully saturated rings. The molecule has 128 valence electrons. The van der Waals surface area contributed by atoms with E-state index in [2.05, 4.69) is 4.98 Å². The van der Waals surface area contributed by atoms with E-state index in [0.29, 0.717) is 11.3 Å². The van der Waals surface area contributed by atoms with Crippen molar-refractivity contribution in [3.8, 4) is 5.75 Å². The lowest BCUT2D eigenvalue weighted by Gasteiger charge is -2.14. The minimum absolute atomic E-state index is 0.0270. The van der Waals surface area contributed by atoms with Gasteiger partial charge in [-0.1, -0.05) is 30.3 Å². The lowest BCUT2D eigenvalue weighted by atomic mass is 10.0. The number of nitrogens with zero attached hydrogens (tertiary/aromatic N) is 1. The average molecular weight is 339 g/mol. The van der Waals surface area contributed by atoms with E-state index in [1.807, 2.05) is 31.2 Å². The second-order valence-electron chi connectivity index (χ2n) is 5.52. The summed E-state index contributed by atoms with van der Waals surface area (Å²) in [7, 11) is 0.